The number of para-hydroxylation sites is 2. The van der Waals surface area contributed by atoms with Gasteiger partial charge in [0, 0.05) is 55.2 Å². The van der Waals surface area contributed by atoms with Crippen molar-refractivity contribution in [3.63, 3.8) is 0 Å². The molecule has 0 aliphatic carbocycles. The second-order valence-corrected chi connectivity index (χ2v) is 15.7. The molecule has 0 radical (unpaired) electrons. The fourth-order valence-electron chi connectivity index (χ4n) is 9.04. The number of benzene rings is 8. The number of nitrogens with zero attached hydrogens (tertiary/aromatic N) is 5. The molecule has 12 aromatic rings. The molecule has 0 unspecified atom stereocenters. The first-order chi connectivity index (χ1) is 30.7. The van der Waals surface area contributed by atoms with Crippen molar-refractivity contribution in [2.75, 3.05) is 0 Å². The molecular weight excluding hydrogens is 755 g/mol. The minimum absolute atomic E-state index is 0.680. The van der Waals surface area contributed by atoms with Crippen LogP contribution in [-0.4, -0.2) is 24.1 Å². The number of pyridine rings is 1. The maximum absolute atomic E-state index is 5.40. The summed E-state index contributed by atoms with van der Waals surface area (Å²) in [5, 5.41) is 10.1. The Bertz CT molecular complexity index is 3540. The zero-order valence-corrected chi connectivity index (χ0v) is 33.6. The van der Waals surface area contributed by atoms with Gasteiger partial charge in [0.1, 0.15) is 5.69 Å². The lowest BCUT2D eigenvalue weighted by Crippen LogP contribution is -1.98. The molecule has 0 bridgehead atoms. The minimum atomic E-state index is 0.680. The van der Waals surface area contributed by atoms with Crippen LogP contribution in [0.1, 0.15) is 0 Å². The van der Waals surface area contributed by atoms with E-state index in [4.69, 9.17) is 15.1 Å². The highest BCUT2D eigenvalue weighted by Crippen LogP contribution is 2.42. The fourth-order valence-corrected chi connectivity index (χ4v) is 9.04. The van der Waals surface area contributed by atoms with Gasteiger partial charge in [-0.3, -0.25) is 0 Å². The van der Waals surface area contributed by atoms with Crippen LogP contribution >= 0.6 is 0 Å². The quantitative estimate of drug-likeness (QED) is 0.162. The molecule has 290 valence electrons. The summed E-state index contributed by atoms with van der Waals surface area (Å²) >= 11 is 0. The summed E-state index contributed by atoms with van der Waals surface area (Å²) in [4.78, 5) is 10.4. The first-order valence-electron chi connectivity index (χ1n) is 20.9. The van der Waals surface area contributed by atoms with Crippen LogP contribution in [0.3, 0.4) is 0 Å². The highest BCUT2D eigenvalue weighted by atomic mass is 15.2. The van der Waals surface area contributed by atoms with Crippen LogP contribution in [0, 0.1) is 0 Å². The van der Waals surface area contributed by atoms with Crippen LogP contribution in [0.2, 0.25) is 0 Å². The Morgan fingerprint density at radius 2 is 0.871 bits per heavy atom. The first kappa shape index (κ1) is 35.5. The highest BCUT2D eigenvalue weighted by Gasteiger charge is 2.22. The molecule has 5 nitrogen and oxygen atoms in total. The van der Waals surface area contributed by atoms with E-state index < -0.39 is 0 Å². The number of fused-ring (bicyclic) bond motifs is 6. The van der Waals surface area contributed by atoms with Gasteiger partial charge in [0.2, 0.25) is 0 Å². The Morgan fingerprint density at radius 3 is 1.50 bits per heavy atom. The van der Waals surface area contributed by atoms with E-state index in [2.05, 4.69) is 215 Å². The Morgan fingerprint density at radius 1 is 0.355 bits per heavy atom. The van der Waals surface area contributed by atoms with Crippen LogP contribution in [0.4, 0.5) is 0 Å². The van der Waals surface area contributed by atoms with Gasteiger partial charge in [0.05, 0.1) is 33.6 Å². The minimum Gasteiger partial charge on any atom is -0.309 e. The highest BCUT2D eigenvalue weighted by molar-refractivity contribution is 6.10. The maximum Gasteiger partial charge on any atom is 0.160 e. The standard InChI is InChI=1S/C57H37N5/c1-5-17-39(18-6-1)53-36-44-35-43(31-34-46(44)56-54(40-19-7-2-8-20-40)55(60-62(53)56)41-21-9-3-10-22-41)50-37-49(58-57(59-50)42-23-11-4-12-24-42)38-29-32-45(33-30-38)61-51-27-15-13-25-47(51)48-26-14-16-28-52(48)61/h1-37H. The van der Waals surface area contributed by atoms with E-state index in [0.29, 0.717) is 5.82 Å². The van der Waals surface area contributed by atoms with Crippen LogP contribution in [0.5, 0.6) is 0 Å². The predicted molar refractivity (Wildman–Crippen MR) is 255 cm³/mol. The lowest BCUT2D eigenvalue weighted by Gasteiger charge is -2.13. The molecule has 0 N–H and O–H groups in total. The second-order valence-electron chi connectivity index (χ2n) is 15.7. The Kier molecular flexibility index (Phi) is 8.42. The average Bonchev–Trinajstić information content (AvgIpc) is 3.92. The molecule has 12 rings (SSSR count). The SMILES string of the molecule is c1ccc(-c2nc(-c3ccc(-n4c5ccccc5c5ccccc54)cc3)cc(-c3ccc4c(c3)cc(-c3ccccc3)n3nc(-c5ccccc5)c(-c5ccccc5)c43)n2)cc1. The van der Waals surface area contributed by atoms with Gasteiger partial charge < -0.3 is 4.57 Å². The molecule has 0 spiro atoms. The van der Waals surface area contributed by atoms with Crippen molar-refractivity contribution in [2.45, 2.75) is 0 Å². The molecule has 0 aliphatic heterocycles. The summed E-state index contributed by atoms with van der Waals surface area (Å²) in [6.45, 7) is 0. The van der Waals surface area contributed by atoms with E-state index >= 15 is 0 Å². The molecule has 4 heterocycles. The van der Waals surface area contributed by atoms with E-state index in [1.807, 2.05) is 18.2 Å². The molecule has 0 saturated heterocycles. The van der Waals surface area contributed by atoms with Crippen LogP contribution in [0.15, 0.2) is 224 Å². The largest absolute Gasteiger partial charge is 0.309 e. The van der Waals surface area contributed by atoms with Crippen molar-refractivity contribution in [3.05, 3.63) is 224 Å². The second kappa shape index (κ2) is 14.7. The van der Waals surface area contributed by atoms with Crippen molar-refractivity contribution in [3.8, 4) is 73.2 Å². The van der Waals surface area contributed by atoms with Crippen molar-refractivity contribution in [1.82, 2.24) is 24.1 Å². The monoisotopic (exact) mass is 791 g/mol. The van der Waals surface area contributed by atoms with E-state index in [9.17, 15) is 0 Å². The van der Waals surface area contributed by atoms with Crippen molar-refractivity contribution < 1.29 is 0 Å². The molecule has 5 heteroatoms. The van der Waals surface area contributed by atoms with Crippen molar-refractivity contribution >= 4 is 38.1 Å². The average molecular weight is 792 g/mol. The molecular formula is C57H37N5. The zero-order valence-electron chi connectivity index (χ0n) is 33.6. The van der Waals surface area contributed by atoms with Gasteiger partial charge >= 0.3 is 0 Å². The molecule has 0 aliphatic rings. The number of hydrogen-bond donors (Lipinski definition) is 0. The third kappa shape index (κ3) is 5.98. The summed E-state index contributed by atoms with van der Waals surface area (Å²) in [7, 11) is 0. The summed E-state index contributed by atoms with van der Waals surface area (Å²) in [6, 6.07) is 79.0. The third-order valence-corrected chi connectivity index (χ3v) is 11.9. The lowest BCUT2D eigenvalue weighted by molar-refractivity contribution is 0.979. The smallest absolute Gasteiger partial charge is 0.160 e. The molecule has 0 fully saturated rings. The van der Waals surface area contributed by atoms with Crippen LogP contribution in [0.25, 0.3) is 111 Å². The number of rotatable bonds is 7. The summed E-state index contributed by atoms with van der Waals surface area (Å²) in [6.07, 6.45) is 0. The molecule has 8 aromatic carbocycles. The zero-order chi connectivity index (χ0) is 41.0. The summed E-state index contributed by atoms with van der Waals surface area (Å²) < 4.78 is 4.48. The number of aromatic nitrogens is 5. The fraction of sp³-hybridized carbons (Fsp3) is 0. The lowest BCUT2D eigenvalue weighted by atomic mass is 9.95. The van der Waals surface area contributed by atoms with E-state index in [1.165, 1.54) is 21.8 Å². The first-order valence-corrected chi connectivity index (χ1v) is 20.9. The summed E-state index contributed by atoms with van der Waals surface area (Å²) in [5.74, 6) is 0.680. The molecule has 0 amide bonds. The van der Waals surface area contributed by atoms with Gasteiger partial charge in [-0.25, -0.2) is 14.5 Å². The topological polar surface area (TPSA) is 48.0 Å². The van der Waals surface area contributed by atoms with E-state index in [1.54, 1.807) is 0 Å². The maximum atomic E-state index is 5.40. The number of hydrogen-bond acceptors (Lipinski definition) is 3. The Labute approximate surface area is 358 Å². The van der Waals surface area contributed by atoms with Gasteiger partial charge in [0.15, 0.2) is 5.82 Å². The van der Waals surface area contributed by atoms with Crippen LogP contribution in [-0.2, 0) is 0 Å². The van der Waals surface area contributed by atoms with Gasteiger partial charge in [-0.1, -0.05) is 182 Å². The van der Waals surface area contributed by atoms with Gasteiger partial charge in [-0.2, -0.15) is 5.10 Å². The van der Waals surface area contributed by atoms with Gasteiger partial charge in [0.25, 0.3) is 0 Å². The van der Waals surface area contributed by atoms with E-state index in [-0.39, 0.29) is 0 Å². The van der Waals surface area contributed by atoms with Gasteiger partial charge in [-0.15, -0.1) is 0 Å². The normalized spacial score (nSPS) is 11.5. The van der Waals surface area contributed by atoms with Crippen molar-refractivity contribution in [2.24, 2.45) is 0 Å². The molecule has 62 heavy (non-hydrogen) atoms. The summed E-state index contributed by atoms with van der Waals surface area (Å²) in [5.41, 5.74) is 15.6. The van der Waals surface area contributed by atoms with Crippen LogP contribution < -0.4 is 0 Å². The predicted octanol–water partition coefficient (Wildman–Crippen LogP) is 14.4. The molecule has 0 atom stereocenters. The Balaban J connectivity index is 1.05. The van der Waals surface area contributed by atoms with Gasteiger partial charge in [-0.05, 0) is 53.4 Å². The Hall–Kier alpha value is -8.41. The molecule has 4 aromatic heterocycles. The molecule has 0 saturated carbocycles. The van der Waals surface area contributed by atoms with Crippen molar-refractivity contribution in [1.29, 1.82) is 0 Å². The van der Waals surface area contributed by atoms with E-state index in [0.717, 1.165) is 83.7 Å². The third-order valence-electron chi connectivity index (χ3n) is 11.9.